The second kappa shape index (κ2) is 10.8. The molecule has 4 rings (SSSR count). The Morgan fingerprint density at radius 3 is 2.59 bits per heavy atom. The highest BCUT2D eigenvalue weighted by atomic mass is 35.5. The number of aromatic nitrogens is 2. The van der Waals surface area contributed by atoms with Crippen molar-refractivity contribution in [3.8, 4) is 17.0 Å². The molecule has 0 radical (unpaired) electrons. The average molecular weight is 511 g/mol. The van der Waals surface area contributed by atoms with Crippen LogP contribution in [0.25, 0.3) is 22.2 Å². The van der Waals surface area contributed by atoms with Gasteiger partial charge in [-0.15, -0.1) is 24.8 Å². The van der Waals surface area contributed by atoms with Crippen LogP contribution in [0.5, 0.6) is 5.75 Å². The fourth-order valence-electron chi connectivity index (χ4n) is 4.74. The Morgan fingerprint density at radius 2 is 1.94 bits per heavy atom. The van der Waals surface area contributed by atoms with Gasteiger partial charge in [0, 0.05) is 53.9 Å². The van der Waals surface area contributed by atoms with Gasteiger partial charge in [0.15, 0.2) is 5.56 Å². The van der Waals surface area contributed by atoms with Crippen LogP contribution in [0.1, 0.15) is 40.5 Å². The quantitative estimate of drug-likeness (QED) is 0.404. The number of fused-ring (bicyclic) bond motifs is 4. The summed E-state index contributed by atoms with van der Waals surface area (Å²) in [6.07, 6.45) is 2.04. The monoisotopic (exact) mass is 510 g/mol. The van der Waals surface area contributed by atoms with Crippen LogP contribution in [-0.4, -0.2) is 57.3 Å². The molecule has 0 bridgehead atoms. The minimum atomic E-state index is -1.42. The predicted molar refractivity (Wildman–Crippen MR) is 139 cm³/mol. The molecule has 2 heterocycles. The zero-order valence-corrected chi connectivity index (χ0v) is 21.4. The average Bonchev–Trinajstić information content (AvgIpc) is 2.89. The van der Waals surface area contributed by atoms with Gasteiger partial charge in [0.1, 0.15) is 5.75 Å². The SMILES string of the molecule is CC(CN(C)C)NCc1cc2cc3c(cc2n1C)CCCc1c-3[nH]c(=O)c(C(=O)O)c1O.Cl.Cl. The summed E-state index contributed by atoms with van der Waals surface area (Å²) in [5.74, 6) is -1.84. The Labute approximate surface area is 210 Å². The lowest BCUT2D eigenvalue weighted by molar-refractivity contribution is 0.0691. The number of hydrogen-bond donors (Lipinski definition) is 4. The maximum Gasteiger partial charge on any atom is 0.345 e. The summed E-state index contributed by atoms with van der Waals surface area (Å²) in [5, 5.41) is 24.5. The van der Waals surface area contributed by atoms with Crippen LogP contribution in [0.3, 0.4) is 0 Å². The lowest BCUT2D eigenvalue weighted by Crippen LogP contribution is -2.35. The van der Waals surface area contributed by atoms with Crippen molar-refractivity contribution < 1.29 is 15.0 Å². The molecular formula is C24H32Cl2N4O4. The number of carboxylic acids is 1. The maximum absolute atomic E-state index is 12.4. The third-order valence-electron chi connectivity index (χ3n) is 6.28. The smallest absolute Gasteiger partial charge is 0.345 e. The topological polar surface area (TPSA) is 111 Å². The summed E-state index contributed by atoms with van der Waals surface area (Å²) in [7, 11) is 6.17. The van der Waals surface area contributed by atoms with E-state index in [9.17, 15) is 19.8 Å². The number of benzene rings is 1. The number of aryl methyl sites for hydroxylation is 2. The zero-order chi connectivity index (χ0) is 23.2. The van der Waals surface area contributed by atoms with E-state index in [1.807, 2.05) is 6.07 Å². The zero-order valence-electron chi connectivity index (χ0n) is 19.8. The molecule has 1 aliphatic rings. The van der Waals surface area contributed by atoms with Gasteiger partial charge in [-0.1, -0.05) is 0 Å². The van der Waals surface area contributed by atoms with E-state index in [4.69, 9.17) is 0 Å². The number of hydrogen-bond acceptors (Lipinski definition) is 5. The molecule has 1 aliphatic carbocycles. The van der Waals surface area contributed by atoms with E-state index in [1.165, 1.54) is 0 Å². The molecule has 186 valence electrons. The summed E-state index contributed by atoms with van der Waals surface area (Å²) >= 11 is 0. The second-order valence-electron chi connectivity index (χ2n) is 9.00. The van der Waals surface area contributed by atoms with Gasteiger partial charge < -0.3 is 30.0 Å². The third kappa shape index (κ3) is 5.10. The van der Waals surface area contributed by atoms with Gasteiger partial charge in [0.05, 0.1) is 5.69 Å². The van der Waals surface area contributed by atoms with Gasteiger partial charge in [-0.2, -0.15) is 0 Å². The number of H-pyrrole nitrogens is 1. The molecule has 3 aromatic rings. The van der Waals surface area contributed by atoms with Crippen LogP contribution >= 0.6 is 24.8 Å². The molecule has 8 nitrogen and oxygen atoms in total. The number of aromatic amines is 1. The first kappa shape index (κ1) is 27.7. The van der Waals surface area contributed by atoms with Crippen LogP contribution in [0.15, 0.2) is 23.0 Å². The number of rotatable bonds is 6. The molecule has 0 saturated heterocycles. The molecule has 4 N–H and O–H groups in total. The largest absolute Gasteiger partial charge is 0.506 e. The van der Waals surface area contributed by atoms with E-state index in [-0.39, 0.29) is 24.8 Å². The lowest BCUT2D eigenvalue weighted by atomic mass is 9.98. The number of nitrogens with zero attached hydrogens (tertiary/aromatic N) is 2. The Morgan fingerprint density at radius 1 is 1.24 bits per heavy atom. The van der Waals surface area contributed by atoms with Crippen molar-refractivity contribution >= 4 is 41.7 Å². The van der Waals surface area contributed by atoms with E-state index in [0.717, 1.165) is 53.7 Å². The molecule has 2 aromatic heterocycles. The first-order chi connectivity index (χ1) is 15.2. The number of likely N-dealkylation sites (N-methyl/N-ethyl adjacent to an activating group) is 1. The Kier molecular flexibility index (Phi) is 8.82. The first-order valence-corrected chi connectivity index (χ1v) is 10.9. The molecule has 1 unspecified atom stereocenters. The Hall–Kier alpha value is -2.52. The molecule has 34 heavy (non-hydrogen) atoms. The van der Waals surface area contributed by atoms with Crippen LogP contribution in [0.4, 0.5) is 0 Å². The minimum absolute atomic E-state index is 0. The molecular weight excluding hydrogens is 479 g/mol. The maximum atomic E-state index is 12.4. The predicted octanol–water partition coefficient (Wildman–Crippen LogP) is 3.31. The molecule has 0 aliphatic heterocycles. The number of halogens is 2. The molecule has 0 spiro atoms. The second-order valence-corrected chi connectivity index (χ2v) is 9.00. The fourth-order valence-corrected chi connectivity index (χ4v) is 4.74. The van der Waals surface area contributed by atoms with E-state index < -0.39 is 22.8 Å². The van der Waals surface area contributed by atoms with Crippen molar-refractivity contribution in [2.75, 3.05) is 20.6 Å². The highest BCUT2D eigenvalue weighted by Crippen LogP contribution is 2.38. The van der Waals surface area contributed by atoms with Crippen molar-refractivity contribution in [2.24, 2.45) is 7.05 Å². The summed E-state index contributed by atoms with van der Waals surface area (Å²) in [4.78, 5) is 28.8. The van der Waals surface area contributed by atoms with E-state index in [0.29, 0.717) is 23.7 Å². The number of aromatic hydroxyl groups is 1. The van der Waals surface area contributed by atoms with Crippen molar-refractivity contribution in [3.05, 3.63) is 50.9 Å². The molecule has 10 heteroatoms. The number of carbonyl (C=O) groups is 1. The summed E-state index contributed by atoms with van der Waals surface area (Å²) in [6, 6.07) is 6.67. The molecule has 1 atom stereocenters. The first-order valence-electron chi connectivity index (χ1n) is 10.9. The molecule has 0 fully saturated rings. The summed E-state index contributed by atoms with van der Waals surface area (Å²) in [6.45, 7) is 3.85. The van der Waals surface area contributed by atoms with Crippen LogP contribution in [0.2, 0.25) is 0 Å². The highest BCUT2D eigenvalue weighted by Gasteiger charge is 2.26. The minimum Gasteiger partial charge on any atom is -0.506 e. The van der Waals surface area contributed by atoms with Crippen LogP contribution < -0.4 is 10.9 Å². The van der Waals surface area contributed by atoms with Crippen molar-refractivity contribution in [2.45, 2.75) is 38.8 Å². The van der Waals surface area contributed by atoms with Crippen molar-refractivity contribution in [1.82, 2.24) is 19.8 Å². The van der Waals surface area contributed by atoms with Crippen LogP contribution in [-0.2, 0) is 26.4 Å². The number of aromatic carboxylic acids is 1. The standard InChI is InChI=1S/C24H30N4O4.2ClH/c1-13(12-27(2)3)25-11-16-8-15-9-18-14(10-19(15)28(16)4)6-5-7-17-21(18)26-23(30)20(22(17)29)24(31)32;;/h8-10,13,25H,5-7,11-12H2,1-4H3,(H,31,32)(H2,26,29,30);2*1H. The van der Waals surface area contributed by atoms with Gasteiger partial charge in [-0.25, -0.2) is 4.79 Å². The lowest BCUT2D eigenvalue weighted by Gasteiger charge is -2.18. The van der Waals surface area contributed by atoms with Gasteiger partial charge in [-0.3, -0.25) is 4.79 Å². The van der Waals surface area contributed by atoms with E-state index in [1.54, 1.807) is 0 Å². The molecule has 0 saturated carbocycles. The summed E-state index contributed by atoms with van der Waals surface area (Å²) < 4.78 is 2.19. The van der Waals surface area contributed by atoms with Crippen LogP contribution in [0, 0.1) is 0 Å². The number of carboxylic acid groups (broad SMARTS) is 1. The fraction of sp³-hybridized carbons (Fsp3) is 0.417. The third-order valence-corrected chi connectivity index (χ3v) is 6.28. The molecule has 0 amide bonds. The summed E-state index contributed by atoms with van der Waals surface area (Å²) in [5.41, 5.74) is 3.84. The molecule has 1 aromatic carbocycles. The van der Waals surface area contributed by atoms with Gasteiger partial charge in [0.2, 0.25) is 0 Å². The number of pyridine rings is 1. The Bertz CT molecular complexity index is 1270. The van der Waals surface area contributed by atoms with Gasteiger partial charge >= 0.3 is 5.97 Å². The van der Waals surface area contributed by atoms with Gasteiger partial charge in [0.25, 0.3) is 5.56 Å². The normalized spacial score (nSPS) is 13.4. The van der Waals surface area contributed by atoms with Crippen molar-refractivity contribution in [3.63, 3.8) is 0 Å². The van der Waals surface area contributed by atoms with Gasteiger partial charge in [-0.05, 0) is 64.0 Å². The van der Waals surface area contributed by atoms with E-state index in [2.05, 4.69) is 60.0 Å². The van der Waals surface area contributed by atoms with Crippen molar-refractivity contribution in [1.29, 1.82) is 0 Å². The highest BCUT2D eigenvalue weighted by molar-refractivity contribution is 5.93. The number of nitrogens with one attached hydrogen (secondary N) is 2. The van der Waals surface area contributed by atoms with E-state index >= 15 is 0 Å². The Balaban J connectivity index is 0.00000204.